The van der Waals surface area contributed by atoms with Gasteiger partial charge in [-0.25, -0.2) is 0 Å². The molecule has 0 radical (unpaired) electrons. The summed E-state index contributed by atoms with van der Waals surface area (Å²) in [5.41, 5.74) is 4.07. The van der Waals surface area contributed by atoms with Gasteiger partial charge in [-0.3, -0.25) is 0 Å². The van der Waals surface area contributed by atoms with Crippen LogP contribution in [-0.2, 0) is 0 Å². The van der Waals surface area contributed by atoms with Crippen LogP contribution in [-0.4, -0.2) is 24.5 Å². The first-order valence-electron chi connectivity index (χ1n) is 8.21. The molecule has 0 bridgehead atoms. The smallest absolute Gasteiger partial charge is 0.00476 e. The highest BCUT2D eigenvalue weighted by atomic mass is 15.1. The molecular weight excluding hydrogens is 254 g/mol. The average molecular weight is 279 g/mol. The zero-order chi connectivity index (χ0) is 14.5. The summed E-state index contributed by atoms with van der Waals surface area (Å²) >= 11 is 0. The van der Waals surface area contributed by atoms with Crippen molar-refractivity contribution in [2.45, 2.75) is 32.1 Å². The molecule has 0 aliphatic carbocycles. The van der Waals surface area contributed by atoms with Gasteiger partial charge < -0.3 is 4.90 Å². The maximum absolute atomic E-state index is 2.62. The number of benzene rings is 2. The van der Waals surface area contributed by atoms with Crippen LogP contribution < -0.4 is 0 Å². The number of likely N-dealkylation sites (tertiary alicyclic amines) is 1. The predicted molar refractivity (Wildman–Crippen MR) is 90.6 cm³/mol. The highest BCUT2D eigenvalue weighted by Gasteiger charge is 2.14. The predicted octanol–water partition coefficient (Wildman–Crippen LogP) is 4.94. The molecule has 110 valence electrons. The molecule has 0 N–H and O–H groups in total. The lowest BCUT2D eigenvalue weighted by atomic mass is 9.96. The number of piperidine rings is 1. The second-order valence-corrected chi connectivity index (χ2v) is 6.25. The van der Waals surface area contributed by atoms with Crippen LogP contribution in [0.3, 0.4) is 0 Å². The minimum Gasteiger partial charge on any atom is -0.303 e. The molecule has 1 aliphatic rings. The van der Waals surface area contributed by atoms with E-state index < -0.39 is 0 Å². The molecule has 1 saturated heterocycles. The Morgan fingerprint density at radius 3 is 2.10 bits per heavy atom. The van der Waals surface area contributed by atoms with Crippen LogP contribution in [0.15, 0.2) is 54.6 Å². The highest BCUT2D eigenvalue weighted by Crippen LogP contribution is 2.24. The van der Waals surface area contributed by atoms with Gasteiger partial charge in [0.05, 0.1) is 0 Å². The third kappa shape index (κ3) is 3.74. The summed E-state index contributed by atoms with van der Waals surface area (Å²) in [4.78, 5) is 2.62. The fourth-order valence-corrected chi connectivity index (χ4v) is 3.27. The maximum Gasteiger partial charge on any atom is 0.00476 e. The third-order valence-corrected chi connectivity index (χ3v) is 4.57. The van der Waals surface area contributed by atoms with Gasteiger partial charge in [0.1, 0.15) is 0 Å². The minimum atomic E-state index is 0.618. The van der Waals surface area contributed by atoms with E-state index in [1.165, 1.54) is 55.6 Å². The first-order chi connectivity index (χ1) is 10.3. The molecule has 1 aliphatic heterocycles. The van der Waals surface area contributed by atoms with E-state index in [9.17, 15) is 0 Å². The number of nitrogens with zero attached hydrogens (tertiary/aromatic N) is 1. The summed E-state index contributed by atoms with van der Waals surface area (Å²) in [6, 6.07) is 19.7. The summed E-state index contributed by atoms with van der Waals surface area (Å²) in [6.07, 6.45) is 4.16. The van der Waals surface area contributed by atoms with Gasteiger partial charge in [-0.2, -0.15) is 0 Å². The Balaban J connectivity index is 1.66. The van der Waals surface area contributed by atoms with Crippen molar-refractivity contribution < 1.29 is 0 Å². The van der Waals surface area contributed by atoms with Crippen molar-refractivity contribution in [1.82, 2.24) is 4.90 Å². The molecule has 0 saturated carbocycles. The molecule has 1 unspecified atom stereocenters. The average Bonchev–Trinajstić information content (AvgIpc) is 2.57. The van der Waals surface area contributed by atoms with Gasteiger partial charge in [0.25, 0.3) is 0 Å². The molecule has 0 amide bonds. The molecule has 21 heavy (non-hydrogen) atoms. The maximum atomic E-state index is 2.62. The molecule has 1 nitrogen and oxygen atoms in total. The molecule has 1 heteroatoms. The van der Waals surface area contributed by atoms with Crippen molar-refractivity contribution >= 4 is 0 Å². The Labute approximate surface area is 128 Å². The SMILES string of the molecule is CC(CN1CCCCC1)c1ccc(-c2ccccc2)cc1. The molecule has 1 atom stereocenters. The lowest BCUT2D eigenvalue weighted by Crippen LogP contribution is -2.32. The van der Waals surface area contributed by atoms with E-state index in [-0.39, 0.29) is 0 Å². The second kappa shape index (κ2) is 6.91. The van der Waals surface area contributed by atoms with Gasteiger partial charge in [0, 0.05) is 6.54 Å². The lowest BCUT2D eigenvalue weighted by Gasteiger charge is -2.29. The Morgan fingerprint density at radius 2 is 1.43 bits per heavy atom. The van der Waals surface area contributed by atoms with Crippen molar-refractivity contribution in [3.8, 4) is 11.1 Å². The van der Waals surface area contributed by atoms with Crippen molar-refractivity contribution in [3.63, 3.8) is 0 Å². The molecule has 1 fully saturated rings. The summed E-state index contributed by atoms with van der Waals surface area (Å²) in [5, 5.41) is 0. The molecular formula is C20H25N. The van der Waals surface area contributed by atoms with E-state index >= 15 is 0 Å². The van der Waals surface area contributed by atoms with E-state index in [1.54, 1.807) is 0 Å². The molecule has 0 aromatic heterocycles. The zero-order valence-electron chi connectivity index (χ0n) is 13.0. The Kier molecular flexibility index (Phi) is 4.72. The van der Waals surface area contributed by atoms with Gasteiger partial charge in [-0.05, 0) is 48.5 Å². The molecule has 0 spiro atoms. The van der Waals surface area contributed by atoms with E-state index in [4.69, 9.17) is 0 Å². The second-order valence-electron chi connectivity index (χ2n) is 6.25. The van der Waals surface area contributed by atoms with Crippen LogP contribution >= 0.6 is 0 Å². The minimum absolute atomic E-state index is 0.618. The Hall–Kier alpha value is -1.60. The van der Waals surface area contributed by atoms with Crippen molar-refractivity contribution in [3.05, 3.63) is 60.2 Å². The number of hydrogen-bond donors (Lipinski definition) is 0. The van der Waals surface area contributed by atoms with Gasteiger partial charge in [-0.15, -0.1) is 0 Å². The van der Waals surface area contributed by atoms with E-state index in [0.717, 1.165) is 0 Å². The van der Waals surface area contributed by atoms with E-state index in [2.05, 4.69) is 66.4 Å². The third-order valence-electron chi connectivity index (χ3n) is 4.57. The zero-order valence-corrected chi connectivity index (χ0v) is 13.0. The van der Waals surface area contributed by atoms with E-state index in [0.29, 0.717) is 5.92 Å². The normalized spacial score (nSPS) is 17.6. The van der Waals surface area contributed by atoms with Crippen LogP contribution in [0.5, 0.6) is 0 Å². The van der Waals surface area contributed by atoms with Crippen molar-refractivity contribution in [1.29, 1.82) is 0 Å². The Morgan fingerprint density at radius 1 is 0.810 bits per heavy atom. The van der Waals surface area contributed by atoms with Gasteiger partial charge in [-0.1, -0.05) is 67.9 Å². The molecule has 1 heterocycles. The van der Waals surface area contributed by atoms with Crippen LogP contribution in [0, 0.1) is 0 Å². The van der Waals surface area contributed by atoms with Crippen LogP contribution in [0.4, 0.5) is 0 Å². The molecule has 3 rings (SSSR count). The first-order valence-corrected chi connectivity index (χ1v) is 8.21. The number of hydrogen-bond acceptors (Lipinski definition) is 1. The van der Waals surface area contributed by atoms with Gasteiger partial charge >= 0.3 is 0 Å². The van der Waals surface area contributed by atoms with Crippen molar-refractivity contribution in [2.75, 3.05) is 19.6 Å². The summed E-state index contributed by atoms with van der Waals surface area (Å²) in [6.45, 7) is 6.12. The fraction of sp³-hybridized carbons (Fsp3) is 0.400. The van der Waals surface area contributed by atoms with Crippen LogP contribution in [0.25, 0.3) is 11.1 Å². The first kappa shape index (κ1) is 14.3. The number of rotatable bonds is 4. The largest absolute Gasteiger partial charge is 0.303 e. The summed E-state index contributed by atoms with van der Waals surface area (Å²) < 4.78 is 0. The summed E-state index contributed by atoms with van der Waals surface area (Å²) in [5.74, 6) is 0.618. The fourth-order valence-electron chi connectivity index (χ4n) is 3.27. The molecule has 2 aromatic carbocycles. The standard InChI is InChI=1S/C20H25N/c1-17(16-21-14-6-3-7-15-21)18-10-12-20(13-11-18)19-8-4-2-5-9-19/h2,4-5,8-13,17H,3,6-7,14-16H2,1H3. The lowest BCUT2D eigenvalue weighted by molar-refractivity contribution is 0.219. The van der Waals surface area contributed by atoms with Gasteiger partial charge in [0.2, 0.25) is 0 Å². The monoisotopic (exact) mass is 279 g/mol. The van der Waals surface area contributed by atoms with Crippen molar-refractivity contribution in [2.24, 2.45) is 0 Å². The highest BCUT2D eigenvalue weighted by molar-refractivity contribution is 5.63. The van der Waals surface area contributed by atoms with Gasteiger partial charge in [0.15, 0.2) is 0 Å². The van der Waals surface area contributed by atoms with Crippen LogP contribution in [0.2, 0.25) is 0 Å². The quantitative estimate of drug-likeness (QED) is 0.766. The summed E-state index contributed by atoms with van der Waals surface area (Å²) in [7, 11) is 0. The van der Waals surface area contributed by atoms with E-state index in [1.807, 2.05) is 0 Å². The topological polar surface area (TPSA) is 3.24 Å². The molecule has 2 aromatic rings. The Bertz CT molecular complexity index is 538. The van der Waals surface area contributed by atoms with Crippen LogP contribution in [0.1, 0.15) is 37.7 Å².